The van der Waals surface area contributed by atoms with Gasteiger partial charge in [0.05, 0.1) is 6.20 Å². The van der Waals surface area contributed by atoms with Crippen LogP contribution in [0.25, 0.3) is 0 Å². The topological polar surface area (TPSA) is 60.4 Å². The Kier molecular flexibility index (Phi) is 5.88. The van der Waals surface area contributed by atoms with Gasteiger partial charge in [-0.2, -0.15) is 10.1 Å². The van der Waals surface area contributed by atoms with Crippen LogP contribution < -0.4 is 15.1 Å². The van der Waals surface area contributed by atoms with E-state index in [-0.39, 0.29) is 0 Å². The number of benzene rings is 1. The molecule has 2 aromatic rings. The summed E-state index contributed by atoms with van der Waals surface area (Å²) in [6.45, 7) is 12.5. The average Bonchev–Trinajstić information content (AvgIpc) is 2.66. The molecule has 26 heavy (non-hydrogen) atoms. The van der Waals surface area contributed by atoms with E-state index in [1.54, 1.807) is 6.20 Å². The van der Waals surface area contributed by atoms with Gasteiger partial charge in [0, 0.05) is 50.6 Å². The number of aromatic nitrogens is 3. The number of likely N-dealkylation sites (N-methyl/N-ethyl adjacent to an activating group) is 1. The third-order valence-electron chi connectivity index (χ3n) is 4.96. The van der Waals surface area contributed by atoms with Gasteiger partial charge >= 0.3 is 0 Å². The molecule has 0 bridgehead atoms. The smallest absolute Gasteiger partial charge is 0.249 e. The lowest BCUT2D eigenvalue weighted by atomic mass is 10.1. The Morgan fingerprint density at radius 2 is 1.85 bits per heavy atom. The minimum atomic E-state index is 0.542. The molecule has 7 heteroatoms. The molecule has 140 valence electrons. The summed E-state index contributed by atoms with van der Waals surface area (Å²) in [5.74, 6) is 1.42. The Morgan fingerprint density at radius 1 is 1.12 bits per heavy atom. The van der Waals surface area contributed by atoms with Crippen LogP contribution in [0, 0.1) is 6.92 Å². The predicted octanol–water partition coefficient (Wildman–Crippen LogP) is 2.52. The minimum absolute atomic E-state index is 0.542. The van der Waals surface area contributed by atoms with Crippen molar-refractivity contribution in [2.45, 2.75) is 20.8 Å². The summed E-state index contributed by atoms with van der Waals surface area (Å²) in [6, 6.07) is 6.43. The van der Waals surface area contributed by atoms with E-state index < -0.39 is 0 Å². The Labute approximate surface area is 156 Å². The van der Waals surface area contributed by atoms with Gasteiger partial charge in [-0.15, -0.1) is 5.10 Å². The van der Waals surface area contributed by atoms with Crippen molar-refractivity contribution in [3.63, 3.8) is 0 Å². The van der Waals surface area contributed by atoms with Gasteiger partial charge in [-0.3, -0.25) is 0 Å². The van der Waals surface area contributed by atoms with E-state index >= 15 is 0 Å². The Morgan fingerprint density at radius 3 is 2.50 bits per heavy atom. The summed E-state index contributed by atoms with van der Waals surface area (Å²) in [6.07, 6.45) is 1.74. The molecular formula is C19H29N7. The maximum Gasteiger partial charge on any atom is 0.249 e. The molecule has 0 unspecified atom stereocenters. The highest BCUT2D eigenvalue weighted by molar-refractivity contribution is 5.64. The fourth-order valence-electron chi connectivity index (χ4n) is 3.23. The van der Waals surface area contributed by atoms with Gasteiger partial charge in [-0.05, 0) is 51.6 Å². The van der Waals surface area contributed by atoms with E-state index in [4.69, 9.17) is 0 Å². The lowest BCUT2D eigenvalue weighted by Crippen LogP contribution is -2.44. The van der Waals surface area contributed by atoms with E-state index in [0.29, 0.717) is 5.95 Å². The first-order valence-corrected chi connectivity index (χ1v) is 9.36. The first kappa shape index (κ1) is 18.4. The van der Waals surface area contributed by atoms with Crippen molar-refractivity contribution in [1.82, 2.24) is 20.1 Å². The van der Waals surface area contributed by atoms with Crippen molar-refractivity contribution in [2.24, 2.45) is 0 Å². The first-order valence-electron chi connectivity index (χ1n) is 9.36. The number of nitrogens with zero attached hydrogens (tertiary/aromatic N) is 6. The van der Waals surface area contributed by atoms with Crippen LogP contribution in [0.1, 0.15) is 19.4 Å². The third-order valence-corrected chi connectivity index (χ3v) is 4.96. The zero-order chi connectivity index (χ0) is 18.5. The van der Waals surface area contributed by atoms with Crippen molar-refractivity contribution >= 4 is 23.1 Å². The zero-order valence-corrected chi connectivity index (χ0v) is 16.2. The predicted molar refractivity (Wildman–Crippen MR) is 108 cm³/mol. The Balaban J connectivity index is 1.74. The van der Waals surface area contributed by atoms with E-state index in [2.05, 4.69) is 81.2 Å². The highest BCUT2D eigenvalue weighted by atomic mass is 15.3. The Bertz CT molecular complexity index is 722. The second-order valence-corrected chi connectivity index (χ2v) is 6.73. The molecule has 1 aromatic carbocycles. The summed E-state index contributed by atoms with van der Waals surface area (Å²) in [4.78, 5) is 11.6. The minimum Gasteiger partial charge on any atom is -0.372 e. The fraction of sp³-hybridized carbons (Fsp3) is 0.526. The lowest BCUT2D eigenvalue weighted by Gasteiger charge is -2.32. The number of hydrogen-bond donors (Lipinski definition) is 1. The molecule has 0 atom stereocenters. The van der Waals surface area contributed by atoms with E-state index in [1.165, 1.54) is 11.3 Å². The standard InChI is InChI=1S/C19H29N7/c1-5-25(6-2)16-7-8-17(15(3)13-16)21-19-22-18(14-20-23-19)26-11-9-24(4)10-12-26/h7-8,13-14H,5-6,9-12H2,1-4H3,(H,21,22,23). The summed E-state index contributed by atoms with van der Waals surface area (Å²) < 4.78 is 0. The van der Waals surface area contributed by atoms with Crippen LogP contribution >= 0.6 is 0 Å². The zero-order valence-electron chi connectivity index (χ0n) is 16.2. The fourth-order valence-corrected chi connectivity index (χ4v) is 3.23. The quantitative estimate of drug-likeness (QED) is 0.854. The molecule has 0 saturated carbocycles. The number of rotatable bonds is 6. The highest BCUT2D eigenvalue weighted by Crippen LogP contribution is 2.25. The average molecular weight is 355 g/mol. The molecule has 1 aromatic heterocycles. The van der Waals surface area contributed by atoms with Gasteiger partial charge in [-0.25, -0.2) is 0 Å². The van der Waals surface area contributed by atoms with Gasteiger partial charge < -0.3 is 20.0 Å². The molecule has 1 aliphatic rings. The summed E-state index contributed by atoms with van der Waals surface area (Å²) in [7, 11) is 2.15. The first-order chi connectivity index (χ1) is 12.6. The molecule has 0 amide bonds. The van der Waals surface area contributed by atoms with E-state index in [0.717, 1.165) is 50.8 Å². The van der Waals surface area contributed by atoms with Crippen molar-refractivity contribution in [3.05, 3.63) is 30.0 Å². The molecule has 3 rings (SSSR count). The molecule has 0 aliphatic carbocycles. The van der Waals surface area contributed by atoms with Crippen LogP contribution in [-0.2, 0) is 0 Å². The van der Waals surface area contributed by atoms with Crippen molar-refractivity contribution in [1.29, 1.82) is 0 Å². The van der Waals surface area contributed by atoms with Crippen LogP contribution in [0.15, 0.2) is 24.4 Å². The number of aryl methyl sites for hydroxylation is 1. The summed E-state index contributed by atoms with van der Waals surface area (Å²) >= 11 is 0. The molecular weight excluding hydrogens is 326 g/mol. The molecule has 1 N–H and O–H groups in total. The third kappa shape index (κ3) is 4.22. The molecule has 1 fully saturated rings. The van der Waals surface area contributed by atoms with Crippen molar-refractivity contribution < 1.29 is 0 Å². The monoisotopic (exact) mass is 355 g/mol. The van der Waals surface area contributed by atoms with Gasteiger partial charge in [0.15, 0.2) is 5.82 Å². The van der Waals surface area contributed by atoms with Gasteiger partial charge in [0.25, 0.3) is 0 Å². The summed E-state index contributed by atoms with van der Waals surface area (Å²) in [5, 5.41) is 11.6. The number of nitrogens with one attached hydrogen (secondary N) is 1. The highest BCUT2D eigenvalue weighted by Gasteiger charge is 2.16. The summed E-state index contributed by atoms with van der Waals surface area (Å²) in [5.41, 5.74) is 3.42. The maximum absolute atomic E-state index is 4.66. The second kappa shape index (κ2) is 8.31. The maximum atomic E-state index is 4.66. The van der Waals surface area contributed by atoms with Crippen molar-refractivity contribution in [2.75, 3.05) is 61.4 Å². The number of anilines is 4. The molecule has 0 spiro atoms. The van der Waals surface area contributed by atoms with Crippen LogP contribution in [0.4, 0.5) is 23.1 Å². The Hall–Kier alpha value is -2.41. The SMILES string of the molecule is CCN(CC)c1ccc(Nc2nncc(N3CCN(C)CC3)n2)c(C)c1. The van der Waals surface area contributed by atoms with Crippen LogP contribution in [0.3, 0.4) is 0 Å². The molecule has 1 saturated heterocycles. The van der Waals surface area contributed by atoms with E-state index in [1.807, 2.05) is 0 Å². The van der Waals surface area contributed by atoms with Gasteiger partial charge in [0.1, 0.15) is 0 Å². The molecule has 1 aliphatic heterocycles. The van der Waals surface area contributed by atoms with Crippen LogP contribution in [-0.4, -0.2) is 66.4 Å². The van der Waals surface area contributed by atoms with E-state index in [9.17, 15) is 0 Å². The second-order valence-electron chi connectivity index (χ2n) is 6.73. The van der Waals surface area contributed by atoms with Crippen LogP contribution in [0.2, 0.25) is 0 Å². The molecule has 2 heterocycles. The number of piperazine rings is 1. The van der Waals surface area contributed by atoms with Crippen molar-refractivity contribution in [3.8, 4) is 0 Å². The van der Waals surface area contributed by atoms with Crippen LogP contribution in [0.5, 0.6) is 0 Å². The molecule has 7 nitrogen and oxygen atoms in total. The largest absolute Gasteiger partial charge is 0.372 e. The van der Waals surface area contributed by atoms with Gasteiger partial charge in [0.2, 0.25) is 5.95 Å². The number of hydrogen-bond acceptors (Lipinski definition) is 7. The van der Waals surface area contributed by atoms with Gasteiger partial charge in [-0.1, -0.05) is 0 Å². The molecule has 0 radical (unpaired) electrons. The lowest BCUT2D eigenvalue weighted by molar-refractivity contribution is 0.312. The normalized spacial score (nSPS) is 15.2.